The summed E-state index contributed by atoms with van der Waals surface area (Å²) in [6, 6.07) is 0. The van der Waals surface area contributed by atoms with Gasteiger partial charge in [-0.05, 0) is 12.8 Å². The predicted molar refractivity (Wildman–Crippen MR) is 227 cm³/mol. The Morgan fingerprint density at radius 2 is 0.898 bits per heavy atom. The number of carbonyl (C=O) groups excluding carboxylic acids is 2. The van der Waals surface area contributed by atoms with E-state index in [2.05, 4.69) is 13.8 Å². The molecule has 59 heavy (non-hydrogen) atoms. The monoisotopic (exact) mass is 873 g/mol. The second-order valence-corrected chi connectivity index (χ2v) is 18.2. The molecule has 12 nitrogen and oxygen atoms in total. The van der Waals surface area contributed by atoms with Gasteiger partial charge in [0.05, 0.1) is 22.5 Å². The van der Waals surface area contributed by atoms with Crippen molar-refractivity contribution in [2.24, 2.45) is 0 Å². The third-order valence-electron chi connectivity index (χ3n) is 11.2. The Labute approximate surface area is 381 Å². The molecule has 0 aromatic rings. The van der Waals surface area contributed by atoms with Crippen LogP contribution in [0.2, 0.25) is 0 Å². The van der Waals surface area contributed by atoms with Gasteiger partial charge in [0.1, 0.15) is 31.0 Å². The molecule has 1 aliphatic heterocycles. The van der Waals surface area contributed by atoms with Crippen molar-refractivity contribution in [2.45, 2.75) is 256 Å². The van der Waals surface area contributed by atoms with Crippen molar-refractivity contribution in [2.75, 3.05) is 19.0 Å². The molecule has 344 valence electrons. The Morgan fingerprint density at radius 1 is 0.542 bits per heavy atom. The maximum atomic E-state index is 12.8. The Morgan fingerprint density at radius 3 is 1.27 bits per heavy atom. The summed E-state index contributed by atoms with van der Waals surface area (Å²) >= 11 is 0. The molecule has 0 bridgehead atoms. The van der Waals surface area contributed by atoms with Crippen molar-refractivity contribution < 1.29 is 86.4 Å². The fraction of sp³-hybridized carbons (Fsp3) is 0.956. The van der Waals surface area contributed by atoms with E-state index in [1.807, 2.05) is 0 Å². The van der Waals surface area contributed by atoms with Crippen LogP contribution in [0.25, 0.3) is 0 Å². The molecule has 14 heteroatoms. The van der Waals surface area contributed by atoms with Crippen molar-refractivity contribution >= 4 is 22.1 Å². The Bertz CT molecular complexity index is 1100. The smallest absolute Gasteiger partial charge is 0.748 e. The van der Waals surface area contributed by atoms with E-state index < -0.39 is 71.2 Å². The third kappa shape index (κ3) is 33.8. The second kappa shape index (κ2) is 39.3. The molecule has 0 radical (unpaired) electrons. The summed E-state index contributed by atoms with van der Waals surface area (Å²) in [5, 5.41) is 30.8. The molecule has 1 aliphatic rings. The van der Waals surface area contributed by atoms with Crippen LogP contribution in [0.3, 0.4) is 0 Å². The number of aliphatic hydroxyl groups excluding tert-OH is 3. The molecule has 1 fully saturated rings. The molecule has 1 unspecified atom stereocenters. The zero-order valence-corrected chi connectivity index (χ0v) is 40.5. The maximum absolute atomic E-state index is 12.8. The topological polar surface area (TPSA) is 189 Å². The van der Waals surface area contributed by atoms with Crippen LogP contribution in [0.4, 0.5) is 0 Å². The van der Waals surface area contributed by atoms with Crippen LogP contribution in [0, 0.1) is 0 Å². The van der Waals surface area contributed by atoms with E-state index in [4.69, 9.17) is 18.9 Å². The number of rotatable bonds is 40. The van der Waals surface area contributed by atoms with E-state index in [-0.39, 0.29) is 49.0 Å². The standard InChI is InChI=1S/C45H86O12S.Na/c1-3-5-7-9-11-13-15-17-19-21-23-25-27-29-31-33-40(46)54-35-38(36-55-45-44(50)43(49)42(48)39(57-45)37-58(51,52)53)56-41(47)34-32-30-28-26-24-22-20-18-16-14-12-10-8-6-4-2;/h38-39,42-45,48-50H,3-37H2,1-2H3,(H,51,52,53);/q;+1/p-1/t38?,39-,42-,43+,44+,45+;/m1./s1. The number of unbranched alkanes of at least 4 members (excludes halogenated alkanes) is 28. The van der Waals surface area contributed by atoms with Gasteiger partial charge in [0, 0.05) is 12.8 Å². The van der Waals surface area contributed by atoms with E-state index in [0.29, 0.717) is 12.8 Å². The molecule has 0 aromatic carbocycles. The predicted octanol–water partition coefficient (Wildman–Crippen LogP) is 6.34. The molecule has 0 spiro atoms. The van der Waals surface area contributed by atoms with Gasteiger partial charge in [-0.25, -0.2) is 8.42 Å². The molecule has 0 aromatic heterocycles. The number of aliphatic hydroxyl groups is 3. The van der Waals surface area contributed by atoms with E-state index >= 15 is 0 Å². The molecule has 0 amide bonds. The van der Waals surface area contributed by atoms with Gasteiger partial charge in [-0.1, -0.05) is 194 Å². The number of ether oxygens (including phenoxy) is 4. The van der Waals surface area contributed by atoms with E-state index in [1.165, 1.54) is 141 Å². The molecule has 1 rings (SSSR count). The molecular formula is C45H85NaO12S. The normalized spacial score (nSPS) is 19.9. The van der Waals surface area contributed by atoms with Gasteiger partial charge in [0.15, 0.2) is 12.4 Å². The van der Waals surface area contributed by atoms with E-state index in [1.54, 1.807) is 0 Å². The maximum Gasteiger partial charge on any atom is 1.00 e. The fourth-order valence-corrected chi connectivity index (χ4v) is 8.17. The number of esters is 2. The summed E-state index contributed by atoms with van der Waals surface area (Å²) in [6.45, 7) is 3.76. The first-order chi connectivity index (χ1) is 28.0. The molecular weight excluding hydrogens is 788 g/mol. The quantitative estimate of drug-likeness (QED) is 0.0269. The molecule has 0 aliphatic carbocycles. The Kier molecular flexibility index (Phi) is 39.0. The zero-order chi connectivity index (χ0) is 42.7. The average molecular weight is 873 g/mol. The van der Waals surface area contributed by atoms with E-state index in [0.717, 1.165) is 38.5 Å². The third-order valence-corrected chi connectivity index (χ3v) is 11.9. The Balaban J connectivity index is 0.0000336. The van der Waals surface area contributed by atoms with Crippen LogP contribution < -0.4 is 29.6 Å². The van der Waals surface area contributed by atoms with Crippen molar-refractivity contribution in [1.82, 2.24) is 0 Å². The summed E-state index contributed by atoms with van der Waals surface area (Å²) in [6.07, 6.45) is 26.8. The van der Waals surface area contributed by atoms with Crippen molar-refractivity contribution in [3.63, 3.8) is 0 Å². The van der Waals surface area contributed by atoms with Gasteiger partial charge in [-0.15, -0.1) is 0 Å². The van der Waals surface area contributed by atoms with Gasteiger partial charge in [0.2, 0.25) is 0 Å². The second-order valence-electron chi connectivity index (χ2n) is 16.8. The molecule has 6 atom stereocenters. The number of hydrogen-bond donors (Lipinski definition) is 3. The molecule has 0 saturated carbocycles. The Hall–Kier alpha value is -0.350. The van der Waals surface area contributed by atoms with Crippen LogP contribution in [0.1, 0.15) is 219 Å². The summed E-state index contributed by atoms with van der Waals surface area (Å²) in [5.41, 5.74) is 0. The first-order valence-electron chi connectivity index (χ1n) is 23.6. The average Bonchev–Trinajstić information content (AvgIpc) is 3.18. The van der Waals surface area contributed by atoms with Crippen LogP contribution >= 0.6 is 0 Å². The van der Waals surface area contributed by atoms with Crippen LogP contribution in [-0.2, 0) is 38.7 Å². The van der Waals surface area contributed by atoms with Crippen molar-refractivity contribution in [3.8, 4) is 0 Å². The molecule has 3 N–H and O–H groups in total. The molecule has 1 heterocycles. The van der Waals surface area contributed by atoms with Gasteiger partial charge in [-0.2, -0.15) is 0 Å². The fourth-order valence-electron chi connectivity index (χ4n) is 7.50. The summed E-state index contributed by atoms with van der Waals surface area (Å²) in [7, 11) is -4.85. The first kappa shape index (κ1) is 58.6. The van der Waals surface area contributed by atoms with Gasteiger partial charge < -0.3 is 38.8 Å². The van der Waals surface area contributed by atoms with Crippen LogP contribution in [0.15, 0.2) is 0 Å². The zero-order valence-electron chi connectivity index (χ0n) is 37.6. The number of carbonyl (C=O) groups is 2. The van der Waals surface area contributed by atoms with E-state index in [9.17, 15) is 37.9 Å². The minimum atomic E-state index is -4.85. The van der Waals surface area contributed by atoms with Crippen molar-refractivity contribution in [3.05, 3.63) is 0 Å². The van der Waals surface area contributed by atoms with Crippen molar-refractivity contribution in [1.29, 1.82) is 0 Å². The molecule has 1 saturated heterocycles. The minimum Gasteiger partial charge on any atom is -0.748 e. The SMILES string of the molecule is CCCCCCCCCCCCCCCCCC(=O)OCC(CO[C@H]1O[C@H](CS(=O)(=O)[O-])[C@@H](O)[C@H](O)[C@@H]1O)OC(=O)CCCCCCCCCCCCCCCCC.[Na+]. The van der Waals surface area contributed by atoms with Crippen LogP contribution in [-0.4, -0.2) is 96.0 Å². The van der Waals surface area contributed by atoms with Gasteiger partial charge in [-0.3, -0.25) is 9.59 Å². The minimum absolute atomic E-state index is 0. The van der Waals surface area contributed by atoms with Gasteiger partial charge in [0.25, 0.3) is 0 Å². The first-order valence-corrected chi connectivity index (χ1v) is 25.2. The summed E-state index contributed by atoms with van der Waals surface area (Å²) in [4.78, 5) is 25.4. The van der Waals surface area contributed by atoms with Gasteiger partial charge >= 0.3 is 41.5 Å². The number of hydrogen-bond acceptors (Lipinski definition) is 12. The summed E-state index contributed by atoms with van der Waals surface area (Å²) in [5.74, 6) is -2.09. The summed E-state index contributed by atoms with van der Waals surface area (Å²) < 4.78 is 55.9. The largest absolute Gasteiger partial charge is 1.00 e. The van der Waals surface area contributed by atoms with Crippen LogP contribution in [0.5, 0.6) is 0 Å².